The molecule has 0 spiro atoms. The summed E-state index contributed by atoms with van der Waals surface area (Å²) in [4.78, 5) is 12.6. The standard InChI is InChI=1S/C31H57N3O4.BrH/c1-5-7-8-9-10-11-12-13-14-15-16-17-18-23-29(6-2)33-31(35)38-30(28(3)36-4)37-27-22-21-26-34-25-20-19-24-32-34;/h19-20,24-25,28-30H,5-18,21-23,26-27H2,1-4H3;1H. The summed E-state index contributed by atoms with van der Waals surface area (Å²) in [5.41, 5.74) is 0. The molecule has 1 aromatic heterocycles. The zero-order chi connectivity index (χ0) is 27.7. The van der Waals surface area contributed by atoms with E-state index in [0.29, 0.717) is 6.61 Å². The fourth-order valence-electron chi connectivity index (χ4n) is 4.54. The van der Waals surface area contributed by atoms with E-state index in [-0.39, 0.29) is 29.1 Å². The summed E-state index contributed by atoms with van der Waals surface area (Å²) in [7, 11) is 1.60. The molecule has 0 saturated carbocycles. The van der Waals surface area contributed by atoms with E-state index >= 15 is 0 Å². The van der Waals surface area contributed by atoms with Crippen molar-refractivity contribution in [3.05, 3.63) is 24.5 Å². The number of alkyl carbamates (subject to hydrolysis) is 1. The smallest absolute Gasteiger partial charge is 0.409 e. The SMILES string of the molecule is CCCCCCCCCCCCCCCC(CC)NC(=O)OC(OCCCC[n+]1ccccn1)C(C)OC.[Br-]. The van der Waals surface area contributed by atoms with Gasteiger partial charge in [0.15, 0.2) is 12.7 Å². The third-order valence-corrected chi connectivity index (χ3v) is 7.18. The third-order valence-electron chi connectivity index (χ3n) is 7.18. The summed E-state index contributed by atoms with van der Waals surface area (Å²) in [5, 5.41) is 7.30. The van der Waals surface area contributed by atoms with Gasteiger partial charge in [-0.3, -0.25) is 0 Å². The van der Waals surface area contributed by atoms with Gasteiger partial charge in [-0.1, -0.05) is 102 Å². The molecule has 0 aliphatic heterocycles. The van der Waals surface area contributed by atoms with E-state index in [4.69, 9.17) is 14.2 Å². The Bertz CT molecular complexity index is 668. The summed E-state index contributed by atoms with van der Waals surface area (Å²) >= 11 is 0. The molecule has 39 heavy (non-hydrogen) atoms. The Labute approximate surface area is 249 Å². The molecule has 1 heterocycles. The van der Waals surface area contributed by atoms with E-state index in [1.165, 1.54) is 77.0 Å². The number of nitrogens with zero attached hydrogens (tertiary/aromatic N) is 2. The molecule has 228 valence electrons. The van der Waals surface area contributed by atoms with Crippen LogP contribution in [0.5, 0.6) is 0 Å². The minimum atomic E-state index is -0.726. The van der Waals surface area contributed by atoms with Crippen LogP contribution in [0, 0.1) is 0 Å². The van der Waals surface area contributed by atoms with Gasteiger partial charge >= 0.3 is 6.09 Å². The summed E-state index contributed by atoms with van der Waals surface area (Å²) in [5.74, 6) is 0. The average Bonchev–Trinajstić information content (AvgIpc) is 2.94. The van der Waals surface area contributed by atoms with E-state index in [0.717, 1.165) is 38.6 Å². The fourth-order valence-corrected chi connectivity index (χ4v) is 4.54. The van der Waals surface area contributed by atoms with Crippen LogP contribution in [0.2, 0.25) is 0 Å². The Balaban J connectivity index is 0.0000144. The topological polar surface area (TPSA) is 73.6 Å². The van der Waals surface area contributed by atoms with E-state index in [1.54, 1.807) is 13.3 Å². The molecular weight excluding hydrogens is 558 g/mol. The number of hydrogen-bond acceptors (Lipinski definition) is 5. The van der Waals surface area contributed by atoms with Crippen LogP contribution in [0.15, 0.2) is 24.5 Å². The van der Waals surface area contributed by atoms with E-state index in [2.05, 4.69) is 24.3 Å². The Morgan fingerprint density at radius 3 is 2.03 bits per heavy atom. The molecule has 3 unspecified atom stereocenters. The van der Waals surface area contributed by atoms with Crippen LogP contribution in [0.3, 0.4) is 0 Å². The molecule has 0 aliphatic rings. The number of rotatable bonds is 25. The van der Waals surface area contributed by atoms with Crippen molar-refractivity contribution in [3.8, 4) is 0 Å². The van der Waals surface area contributed by atoms with Crippen molar-refractivity contribution in [2.75, 3.05) is 13.7 Å². The molecule has 1 aromatic rings. The second-order valence-corrected chi connectivity index (χ2v) is 10.5. The normalized spacial score (nSPS) is 13.3. The average molecular weight is 617 g/mol. The molecule has 0 fully saturated rings. The first kappa shape index (κ1) is 37.8. The van der Waals surface area contributed by atoms with Crippen molar-refractivity contribution in [1.82, 2.24) is 10.4 Å². The molecule has 0 aliphatic carbocycles. The summed E-state index contributed by atoms with van der Waals surface area (Å²) < 4.78 is 18.8. The van der Waals surface area contributed by atoms with Crippen LogP contribution in [0.1, 0.15) is 130 Å². The van der Waals surface area contributed by atoms with Gasteiger partial charge < -0.3 is 36.5 Å². The number of methoxy groups -OCH3 is 1. The van der Waals surface area contributed by atoms with Crippen molar-refractivity contribution < 1.29 is 40.7 Å². The predicted molar refractivity (Wildman–Crippen MR) is 154 cm³/mol. The lowest BCUT2D eigenvalue weighted by atomic mass is 10.0. The van der Waals surface area contributed by atoms with Crippen molar-refractivity contribution in [2.45, 2.75) is 155 Å². The van der Waals surface area contributed by atoms with Gasteiger partial charge in [-0.15, -0.1) is 0 Å². The Hall–Kier alpha value is -1.25. The Morgan fingerprint density at radius 1 is 0.872 bits per heavy atom. The molecule has 0 radical (unpaired) electrons. The second kappa shape index (κ2) is 26.9. The molecule has 3 atom stereocenters. The van der Waals surface area contributed by atoms with Gasteiger partial charge in [0, 0.05) is 25.6 Å². The largest absolute Gasteiger partial charge is 1.00 e. The number of aromatic nitrogens is 2. The zero-order valence-corrected chi connectivity index (χ0v) is 27.0. The molecule has 1 rings (SSSR count). The first-order valence-corrected chi connectivity index (χ1v) is 15.5. The van der Waals surface area contributed by atoms with Gasteiger partial charge in [0.1, 0.15) is 6.10 Å². The van der Waals surface area contributed by atoms with Crippen LogP contribution in [0.25, 0.3) is 0 Å². The number of carbonyl (C=O) groups excluding carboxylic acids is 1. The van der Waals surface area contributed by atoms with Gasteiger partial charge in [0.05, 0.1) is 12.8 Å². The monoisotopic (exact) mass is 615 g/mol. The van der Waals surface area contributed by atoms with Crippen molar-refractivity contribution >= 4 is 6.09 Å². The molecule has 0 bridgehead atoms. The van der Waals surface area contributed by atoms with E-state index in [9.17, 15) is 4.79 Å². The highest BCUT2D eigenvalue weighted by Gasteiger charge is 2.23. The first-order chi connectivity index (χ1) is 18.6. The lowest BCUT2D eigenvalue weighted by Gasteiger charge is -2.25. The highest BCUT2D eigenvalue weighted by molar-refractivity contribution is 5.67. The second-order valence-electron chi connectivity index (χ2n) is 10.5. The summed E-state index contributed by atoms with van der Waals surface area (Å²) in [6, 6.07) is 4.00. The van der Waals surface area contributed by atoms with Crippen molar-refractivity contribution in [2.24, 2.45) is 0 Å². The van der Waals surface area contributed by atoms with E-state index < -0.39 is 12.4 Å². The number of ether oxygens (including phenoxy) is 3. The predicted octanol–water partition coefficient (Wildman–Crippen LogP) is 4.52. The maximum Gasteiger partial charge on any atom is 0.409 e. The molecule has 8 heteroatoms. The van der Waals surface area contributed by atoms with Crippen molar-refractivity contribution in [3.63, 3.8) is 0 Å². The van der Waals surface area contributed by atoms with Crippen LogP contribution in [0.4, 0.5) is 4.79 Å². The Morgan fingerprint density at radius 2 is 1.49 bits per heavy atom. The highest BCUT2D eigenvalue weighted by Crippen LogP contribution is 2.14. The van der Waals surface area contributed by atoms with Gasteiger partial charge in [0.25, 0.3) is 0 Å². The number of unbranched alkanes of at least 4 members (excludes halogenated alkanes) is 13. The quantitative estimate of drug-likeness (QED) is 0.0995. The lowest BCUT2D eigenvalue weighted by molar-refractivity contribution is -0.754. The number of nitrogens with one attached hydrogen (secondary N) is 1. The highest BCUT2D eigenvalue weighted by atomic mass is 79.9. The zero-order valence-electron chi connectivity index (χ0n) is 25.4. The Kier molecular flexibility index (Phi) is 26.1. The number of amides is 1. The van der Waals surface area contributed by atoms with Crippen LogP contribution in [-0.2, 0) is 20.8 Å². The number of aryl methyl sites for hydroxylation is 1. The van der Waals surface area contributed by atoms with Gasteiger partial charge in [-0.05, 0) is 37.4 Å². The van der Waals surface area contributed by atoms with E-state index in [1.807, 2.05) is 29.9 Å². The minimum absolute atomic E-state index is 0. The first-order valence-electron chi connectivity index (χ1n) is 15.5. The van der Waals surface area contributed by atoms with Crippen LogP contribution >= 0.6 is 0 Å². The summed E-state index contributed by atoms with van der Waals surface area (Å²) in [6.45, 7) is 7.56. The molecule has 1 amide bonds. The number of hydrogen-bond donors (Lipinski definition) is 1. The number of carbonyl (C=O) groups is 1. The van der Waals surface area contributed by atoms with Crippen molar-refractivity contribution in [1.29, 1.82) is 0 Å². The minimum Gasteiger partial charge on any atom is -1.00 e. The number of halogens is 1. The lowest BCUT2D eigenvalue weighted by Crippen LogP contribution is -3.00. The van der Waals surface area contributed by atoms with Gasteiger partial charge in [-0.2, -0.15) is 0 Å². The molecule has 0 saturated heterocycles. The maximum atomic E-state index is 12.6. The summed E-state index contributed by atoms with van der Waals surface area (Å²) in [6.07, 6.45) is 23.4. The van der Waals surface area contributed by atoms with Gasteiger partial charge in [0.2, 0.25) is 6.29 Å². The molecule has 1 N–H and O–H groups in total. The molecule has 0 aromatic carbocycles. The maximum absolute atomic E-state index is 12.6. The molecule has 7 nitrogen and oxygen atoms in total. The van der Waals surface area contributed by atoms with Crippen LogP contribution in [-0.4, -0.2) is 43.3 Å². The molecular formula is C31H58BrN3O4. The van der Waals surface area contributed by atoms with Gasteiger partial charge in [-0.25, -0.2) is 4.79 Å². The van der Waals surface area contributed by atoms with Crippen LogP contribution < -0.4 is 27.0 Å². The fraction of sp³-hybridized carbons (Fsp3) is 0.839. The third kappa shape index (κ3) is 21.2.